The molecule has 0 fully saturated rings. The van der Waals surface area contributed by atoms with Gasteiger partial charge in [0, 0.05) is 7.11 Å². The number of carboxylic acids is 1. The maximum Gasteiger partial charge on any atom is 0.305 e. The van der Waals surface area contributed by atoms with Crippen LogP contribution in [0.1, 0.15) is 23.6 Å². The van der Waals surface area contributed by atoms with E-state index in [0.717, 1.165) is 11.1 Å². The van der Waals surface area contributed by atoms with E-state index in [1.54, 1.807) is 19.2 Å². The van der Waals surface area contributed by atoms with E-state index in [-0.39, 0.29) is 6.42 Å². The summed E-state index contributed by atoms with van der Waals surface area (Å²) in [5.74, 6) is -0.962. The number of benzene rings is 1. The Kier molecular flexibility index (Phi) is 5.16. The zero-order valence-corrected chi connectivity index (χ0v) is 9.55. The van der Waals surface area contributed by atoms with Crippen molar-refractivity contribution in [2.24, 2.45) is 0 Å². The Hall–Kier alpha value is -1.88. The lowest BCUT2D eigenvalue weighted by molar-refractivity contribution is -0.137. The van der Waals surface area contributed by atoms with Crippen molar-refractivity contribution in [3.8, 4) is 0 Å². The van der Waals surface area contributed by atoms with E-state index >= 15 is 0 Å². The third kappa shape index (κ3) is 3.88. The van der Waals surface area contributed by atoms with E-state index < -0.39 is 12.0 Å². The third-order valence-corrected chi connectivity index (χ3v) is 2.38. The van der Waals surface area contributed by atoms with Crippen molar-refractivity contribution in [3.63, 3.8) is 0 Å². The van der Waals surface area contributed by atoms with Crippen LogP contribution in [0, 0.1) is 0 Å². The molecule has 1 amide bonds. The largest absolute Gasteiger partial charge is 0.481 e. The molecule has 0 radical (unpaired) electrons. The summed E-state index contributed by atoms with van der Waals surface area (Å²) in [4.78, 5) is 21.2. The minimum absolute atomic E-state index is 0.153. The number of amides is 1. The Labute approximate surface area is 99.4 Å². The molecular weight excluding hydrogens is 222 g/mol. The standard InChI is InChI=1S/C12H15NO4/c1-17-7-9-4-2-3-5-10(9)11(13-8-14)6-12(15)16/h2-5,8,11H,6-7H2,1H3,(H,13,14)(H,15,16)/t11-/m1/s1. The number of hydrogen-bond acceptors (Lipinski definition) is 3. The summed E-state index contributed by atoms with van der Waals surface area (Å²) >= 11 is 0. The highest BCUT2D eigenvalue weighted by atomic mass is 16.5. The van der Waals surface area contributed by atoms with Crippen LogP contribution in [0.2, 0.25) is 0 Å². The number of rotatable bonds is 7. The maximum atomic E-state index is 10.7. The van der Waals surface area contributed by atoms with Gasteiger partial charge in [0.15, 0.2) is 0 Å². The maximum absolute atomic E-state index is 10.7. The Morgan fingerprint density at radius 3 is 2.82 bits per heavy atom. The number of carboxylic acid groups (broad SMARTS) is 1. The Balaban J connectivity index is 2.98. The highest BCUT2D eigenvalue weighted by Crippen LogP contribution is 2.21. The average Bonchev–Trinajstić information content (AvgIpc) is 2.29. The minimum Gasteiger partial charge on any atom is -0.481 e. The van der Waals surface area contributed by atoms with Gasteiger partial charge in [-0.2, -0.15) is 0 Å². The van der Waals surface area contributed by atoms with Crippen LogP contribution < -0.4 is 5.32 Å². The molecule has 0 saturated carbocycles. The highest BCUT2D eigenvalue weighted by Gasteiger charge is 2.17. The zero-order chi connectivity index (χ0) is 12.7. The van der Waals surface area contributed by atoms with Crippen molar-refractivity contribution in [2.45, 2.75) is 19.1 Å². The molecule has 0 aliphatic carbocycles. The topological polar surface area (TPSA) is 75.6 Å². The van der Waals surface area contributed by atoms with Gasteiger partial charge in [-0.3, -0.25) is 9.59 Å². The lowest BCUT2D eigenvalue weighted by Crippen LogP contribution is -2.23. The number of nitrogens with one attached hydrogen (secondary N) is 1. The Morgan fingerprint density at radius 1 is 1.53 bits per heavy atom. The number of methoxy groups -OCH3 is 1. The molecule has 2 N–H and O–H groups in total. The minimum atomic E-state index is -0.962. The van der Waals surface area contributed by atoms with Gasteiger partial charge in [0.25, 0.3) is 0 Å². The van der Waals surface area contributed by atoms with E-state index in [1.165, 1.54) is 0 Å². The molecule has 1 aromatic rings. The molecule has 92 valence electrons. The Morgan fingerprint density at radius 2 is 2.24 bits per heavy atom. The van der Waals surface area contributed by atoms with Gasteiger partial charge < -0.3 is 15.2 Å². The van der Waals surface area contributed by atoms with Crippen molar-refractivity contribution in [3.05, 3.63) is 35.4 Å². The van der Waals surface area contributed by atoms with Gasteiger partial charge in [0.1, 0.15) is 0 Å². The fourth-order valence-electron chi connectivity index (χ4n) is 1.68. The third-order valence-electron chi connectivity index (χ3n) is 2.38. The van der Waals surface area contributed by atoms with Crippen LogP contribution in [0.4, 0.5) is 0 Å². The van der Waals surface area contributed by atoms with Crippen molar-refractivity contribution >= 4 is 12.4 Å². The van der Waals surface area contributed by atoms with E-state index in [2.05, 4.69) is 5.32 Å². The average molecular weight is 237 g/mol. The lowest BCUT2D eigenvalue weighted by Gasteiger charge is -2.17. The first-order valence-electron chi connectivity index (χ1n) is 5.17. The van der Waals surface area contributed by atoms with Crippen LogP contribution in [-0.2, 0) is 20.9 Å². The molecular formula is C12H15NO4. The molecule has 0 saturated heterocycles. The molecule has 1 aromatic carbocycles. The number of aliphatic carboxylic acids is 1. The molecule has 0 aliphatic rings. The summed E-state index contributed by atoms with van der Waals surface area (Å²) < 4.78 is 5.04. The number of carbonyl (C=O) groups is 2. The highest BCUT2D eigenvalue weighted by molar-refractivity contribution is 5.68. The smallest absolute Gasteiger partial charge is 0.305 e. The molecule has 5 nitrogen and oxygen atoms in total. The van der Waals surface area contributed by atoms with Gasteiger partial charge in [-0.15, -0.1) is 0 Å². The molecule has 0 spiro atoms. The van der Waals surface area contributed by atoms with E-state index in [9.17, 15) is 9.59 Å². The van der Waals surface area contributed by atoms with Crippen molar-refractivity contribution < 1.29 is 19.4 Å². The molecule has 5 heteroatoms. The summed E-state index contributed by atoms with van der Waals surface area (Å²) in [6.45, 7) is 0.382. The van der Waals surface area contributed by atoms with Gasteiger partial charge >= 0.3 is 5.97 Å². The van der Waals surface area contributed by atoms with Crippen LogP contribution in [-0.4, -0.2) is 24.6 Å². The van der Waals surface area contributed by atoms with Crippen LogP contribution >= 0.6 is 0 Å². The normalized spacial score (nSPS) is 11.8. The summed E-state index contributed by atoms with van der Waals surface area (Å²) in [6, 6.07) is 6.75. The van der Waals surface area contributed by atoms with E-state index in [0.29, 0.717) is 13.0 Å². The zero-order valence-electron chi connectivity index (χ0n) is 9.55. The van der Waals surface area contributed by atoms with Crippen LogP contribution in [0.15, 0.2) is 24.3 Å². The predicted octanol–water partition coefficient (Wildman–Crippen LogP) is 1.09. The fourth-order valence-corrected chi connectivity index (χ4v) is 1.68. The van der Waals surface area contributed by atoms with Crippen molar-refractivity contribution in [1.82, 2.24) is 5.32 Å². The second kappa shape index (κ2) is 6.65. The molecule has 0 heterocycles. The second-order valence-corrected chi connectivity index (χ2v) is 3.57. The number of carbonyl (C=O) groups excluding carboxylic acids is 1. The summed E-state index contributed by atoms with van der Waals surface area (Å²) in [6.07, 6.45) is 0.358. The van der Waals surface area contributed by atoms with Gasteiger partial charge in [0.05, 0.1) is 19.1 Å². The SMILES string of the molecule is COCc1ccccc1[C@@H](CC(=O)O)NC=O. The van der Waals surface area contributed by atoms with E-state index in [4.69, 9.17) is 9.84 Å². The van der Waals surface area contributed by atoms with Crippen LogP contribution in [0.5, 0.6) is 0 Å². The molecule has 0 bridgehead atoms. The van der Waals surface area contributed by atoms with Crippen molar-refractivity contribution in [2.75, 3.05) is 7.11 Å². The van der Waals surface area contributed by atoms with Crippen LogP contribution in [0.25, 0.3) is 0 Å². The molecule has 0 aromatic heterocycles. The van der Waals surface area contributed by atoms with Crippen LogP contribution in [0.3, 0.4) is 0 Å². The summed E-state index contributed by atoms with van der Waals surface area (Å²) in [7, 11) is 1.57. The summed E-state index contributed by atoms with van der Waals surface area (Å²) in [5.41, 5.74) is 1.64. The molecule has 1 rings (SSSR count). The molecule has 1 atom stereocenters. The van der Waals surface area contributed by atoms with Gasteiger partial charge in [0.2, 0.25) is 6.41 Å². The van der Waals surface area contributed by atoms with E-state index in [1.807, 2.05) is 12.1 Å². The molecule has 17 heavy (non-hydrogen) atoms. The predicted molar refractivity (Wildman–Crippen MR) is 61.3 cm³/mol. The van der Waals surface area contributed by atoms with Gasteiger partial charge in [-0.05, 0) is 11.1 Å². The van der Waals surface area contributed by atoms with Gasteiger partial charge in [-0.25, -0.2) is 0 Å². The quantitative estimate of drug-likeness (QED) is 0.696. The molecule has 0 unspecified atom stereocenters. The lowest BCUT2D eigenvalue weighted by atomic mass is 9.98. The monoisotopic (exact) mass is 237 g/mol. The van der Waals surface area contributed by atoms with Crippen molar-refractivity contribution in [1.29, 1.82) is 0 Å². The first-order valence-corrected chi connectivity index (χ1v) is 5.17. The fraction of sp³-hybridized carbons (Fsp3) is 0.333. The first-order chi connectivity index (χ1) is 8.19. The molecule has 0 aliphatic heterocycles. The second-order valence-electron chi connectivity index (χ2n) is 3.57. The Bertz CT molecular complexity index is 392. The summed E-state index contributed by atoms with van der Waals surface area (Å²) in [5, 5.41) is 11.3. The van der Waals surface area contributed by atoms with Gasteiger partial charge in [-0.1, -0.05) is 24.3 Å². The number of ether oxygens (including phenoxy) is 1. The first kappa shape index (κ1) is 13.2. The number of hydrogen-bond donors (Lipinski definition) is 2.